The van der Waals surface area contributed by atoms with E-state index >= 15 is 0 Å². The van der Waals surface area contributed by atoms with Gasteiger partial charge >= 0.3 is 5.97 Å². The molecule has 1 fully saturated rings. The zero-order valence-electron chi connectivity index (χ0n) is 12.8. The van der Waals surface area contributed by atoms with E-state index in [0.717, 1.165) is 30.9 Å². The maximum absolute atomic E-state index is 12.1. The molecule has 1 aromatic rings. The molecule has 1 aliphatic heterocycles. The number of ether oxygens (including phenoxy) is 1. The Morgan fingerprint density at radius 1 is 1.33 bits per heavy atom. The number of nitrogens with two attached hydrogens (primary N) is 1. The fourth-order valence-electron chi connectivity index (χ4n) is 2.68. The smallest absolute Gasteiger partial charge is 0.343 e. The van der Waals surface area contributed by atoms with Crippen LogP contribution in [0.3, 0.4) is 0 Å². The van der Waals surface area contributed by atoms with Gasteiger partial charge in [-0.1, -0.05) is 6.92 Å². The van der Waals surface area contributed by atoms with Gasteiger partial charge in [-0.3, -0.25) is 4.79 Å². The molecule has 0 spiro atoms. The number of hydrogen-bond donors (Lipinski definition) is 1. The van der Waals surface area contributed by atoms with E-state index in [1.54, 1.807) is 0 Å². The molecule has 0 aromatic carbocycles. The Balaban J connectivity index is 2.43. The Morgan fingerprint density at radius 2 is 2.05 bits per heavy atom. The Bertz CT molecular complexity index is 553. The van der Waals surface area contributed by atoms with Gasteiger partial charge in [0, 0.05) is 20.0 Å². The fourth-order valence-corrected chi connectivity index (χ4v) is 3.84. The lowest BCUT2D eigenvalue weighted by molar-refractivity contribution is 0.0603. The van der Waals surface area contributed by atoms with Crippen LogP contribution in [0, 0.1) is 5.92 Å². The lowest BCUT2D eigenvalue weighted by Gasteiger charge is -2.22. The molecule has 0 saturated carbocycles. The van der Waals surface area contributed by atoms with Crippen LogP contribution in [0.1, 0.15) is 53.1 Å². The van der Waals surface area contributed by atoms with E-state index in [1.165, 1.54) is 31.8 Å². The first-order valence-electron chi connectivity index (χ1n) is 7.22. The Kier molecular flexibility index (Phi) is 4.88. The fraction of sp³-hybridized carbons (Fsp3) is 0.600. The van der Waals surface area contributed by atoms with E-state index in [-0.39, 0.29) is 11.5 Å². The molecule has 0 aliphatic carbocycles. The van der Waals surface area contributed by atoms with E-state index in [1.807, 2.05) is 0 Å². The summed E-state index contributed by atoms with van der Waals surface area (Å²) in [6.45, 7) is 5.47. The van der Waals surface area contributed by atoms with Gasteiger partial charge in [0.05, 0.1) is 17.7 Å². The average molecular weight is 310 g/mol. The van der Waals surface area contributed by atoms with E-state index in [9.17, 15) is 9.59 Å². The number of Topliss-reactive ketones (excluding diaryl/α,β-unsaturated/α-hetero) is 1. The number of carbonyl (C=O) groups is 2. The molecule has 1 atom stereocenters. The van der Waals surface area contributed by atoms with Gasteiger partial charge in [0.1, 0.15) is 10.6 Å². The van der Waals surface area contributed by atoms with Crippen LogP contribution >= 0.6 is 11.3 Å². The normalized spacial score (nSPS) is 19.2. The van der Waals surface area contributed by atoms with Gasteiger partial charge in [0.15, 0.2) is 5.78 Å². The first kappa shape index (κ1) is 15.8. The quantitative estimate of drug-likeness (QED) is 0.686. The van der Waals surface area contributed by atoms with Gasteiger partial charge in [0.25, 0.3) is 0 Å². The molecule has 116 valence electrons. The minimum Gasteiger partial charge on any atom is -0.465 e. The molecule has 0 bridgehead atoms. The monoisotopic (exact) mass is 310 g/mol. The van der Waals surface area contributed by atoms with E-state index in [0.29, 0.717) is 16.4 Å². The van der Waals surface area contributed by atoms with Gasteiger partial charge in [-0.2, -0.15) is 0 Å². The number of esters is 1. The van der Waals surface area contributed by atoms with Crippen LogP contribution in [0.25, 0.3) is 0 Å². The molecule has 0 amide bonds. The second kappa shape index (κ2) is 6.47. The molecule has 6 heteroatoms. The molecule has 5 nitrogen and oxygen atoms in total. The summed E-state index contributed by atoms with van der Waals surface area (Å²) >= 11 is 1.31. The topological polar surface area (TPSA) is 72.6 Å². The Labute approximate surface area is 129 Å². The summed E-state index contributed by atoms with van der Waals surface area (Å²) in [5, 5.41) is 0.777. The summed E-state index contributed by atoms with van der Waals surface area (Å²) in [5.74, 6) is 0.0989. The predicted octanol–water partition coefficient (Wildman–Crippen LogP) is 2.95. The summed E-state index contributed by atoms with van der Waals surface area (Å²) in [5.41, 5.74) is 6.62. The molecule has 21 heavy (non-hydrogen) atoms. The third-order valence-electron chi connectivity index (χ3n) is 3.94. The number of rotatable bonds is 3. The Morgan fingerprint density at radius 3 is 2.67 bits per heavy atom. The molecule has 1 aromatic heterocycles. The van der Waals surface area contributed by atoms with Crippen LogP contribution in [-0.4, -0.2) is 32.0 Å². The van der Waals surface area contributed by atoms with Crippen molar-refractivity contribution in [3.63, 3.8) is 0 Å². The lowest BCUT2D eigenvalue weighted by Crippen LogP contribution is -2.25. The molecule has 2 rings (SSSR count). The van der Waals surface area contributed by atoms with Crippen molar-refractivity contribution in [2.75, 3.05) is 30.8 Å². The summed E-state index contributed by atoms with van der Waals surface area (Å²) < 4.78 is 4.84. The van der Waals surface area contributed by atoms with Crippen LogP contribution in [0.2, 0.25) is 0 Å². The number of hydrogen-bond acceptors (Lipinski definition) is 6. The zero-order chi connectivity index (χ0) is 15.6. The van der Waals surface area contributed by atoms with E-state index < -0.39 is 5.97 Å². The number of carbonyl (C=O) groups excluding carboxylic acids is 2. The molecular weight excluding hydrogens is 288 g/mol. The number of methoxy groups -OCH3 is 1. The molecule has 0 radical (unpaired) electrons. The number of nitrogens with zero attached hydrogens (tertiary/aromatic N) is 1. The first-order valence-corrected chi connectivity index (χ1v) is 8.03. The van der Waals surface area contributed by atoms with Crippen molar-refractivity contribution in [1.82, 2.24) is 0 Å². The second-order valence-electron chi connectivity index (χ2n) is 5.60. The second-order valence-corrected chi connectivity index (χ2v) is 6.59. The van der Waals surface area contributed by atoms with Crippen molar-refractivity contribution in [2.24, 2.45) is 5.92 Å². The van der Waals surface area contributed by atoms with Crippen molar-refractivity contribution in [1.29, 1.82) is 0 Å². The number of nitrogen functional groups attached to an aromatic ring is 1. The van der Waals surface area contributed by atoms with Gasteiger partial charge < -0.3 is 15.4 Å². The maximum Gasteiger partial charge on any atom is 0.343 e. The standard InChI is InChI=1S/C15H22N2O3S/c1-9-5-4-7-17(8-6-9)14-11(15(19)20-3)12(16)13(21-14)10(2)18/h9H,4-8,16H2,1-3H3. The average Bonchev–Trinajstić information content (AvgIpc) is 2.64. The van der Waals surface area contributed by atoms with E-state index in [4.69, 9.17) is 10.5 Å². The zero-order valence-corrected chi connectivity index (χ0v) is 13.6. The van der Waals surface area contributed by atoms with Crippen LogP contribution < -0.4 is 10.6 Å². The van der Waals surface area contributed by atoms with Crippen molar-refractivity contribution >= 4 is 33.8 Å². The van der Waals surface area contributed by atoms with Crippen LogP contribution in [-0.2, 0) is 4.74 Å². The number of ketones is 1. The maximum atomic E-state index is 12.1. The van der Waals surface area contributed by atoms with Gasteiger partial charge in [-0.05, 0) is 25.2 Å². The van der Waals surface area contributed by atoms with Crippen LogP contribution in [0.5, 0.6) is 0 Å². The molecule has 2 heterocycles. The summed E-state index contributed by atoms with van der Waals surface area (Å²) in [7, 11) is 1.33. The number of anilines is 2. The van der Waals surface area contributed by atoms with Gasteiger partial charge in [-0.25, -0.2) is 4.79 Å². The highest BCUT2D eigenvalue weighted by Crippen LogP contribution is 2.40. The molecule has 2 N–H and O–H groups in total. The van der Waals surface area contributed by atoms with Crippen molar-refractivity contribution < 1.29 is 14.3 Å². The molecular formula is C15H22N2O3S. The van der Waals surface area contributed by atoms with Crippen molar-refractivity contribution in [2.45, 2.75) is 33.1 Å². The lowest BCUT2D eigenvalue weighted by atomic mass is 10.0. The van der Waals surface area contributed by atoms with Gasteiger partial charge in [0.2, 0.25) is 0 Å². The number of thiophene rings is 1. The molecule has 1 unspecified atom stereocenters. The minimum atomic E-state index is -0.469. The van der Waals surface area contributed by atoms with Crippen LogP contribution in [0.15, 0.2) is 0 Å². The highest BCUT2D eigenvalue weighted by Gasteiger charge is 2.28. The molecule has 1 aliphatic rings. The van der Waals surface area contributed by atoms with Crippen molar-refractivity contribution in [3.8, 4) is 0 Å². The summed E-state index contributed by atoms with van der Waals surface area (Å²) in [6, 6.07) is 0. The largest absolute Gasteiger partial charge is 0.465 e. The highest BCUT2D eigenvalue weighted by molar-refractivity contribution is 7.19. The Hall–Kier alpha value is -1.56. The molecule has 1 saturated heterocycles. The van der Waals surface area contributed by atoms with Crippen LogP contribution in [0.4, 0.5) is 10.7 Å². The predicted molar refractivity (Wildman–Crippen MR) is 85.3 cm³/mol. The first-order chi connectivity index (χ1) is 9.95. The van der Waals surface area contributed by atoms with Crippen molar-refractivity contribution in [3.05, 3.63) is 10.4 Å². The highest BCUT2D eigenvalue weighted by atomic mass is 32.1. The third kappa shape index (κ3) is 3.20. The SMILES string of the molecule is COC(=O)c1c(N2CCCC(C)CC2)sc(C(C)=O)c1N. The summed E-state index contributed by atoms with van der Waals surface area (Å²) in [6.07, 6.45) is 3.34. The third-order valence-corrected chi connectivity index (χ3v) is 5.31. The summed E-state index contributed by atoms with van der Waals surface area (Å²) in [4.78, 5) is 26.4. The van der Waals surface area contributed by atoms with E-state index in [2.05, 4.69) is 11.8 Å². The minimum absolute atomic E-state index is 0.114. The van der Waals surface area contributed by atoms with Gasteiger partial charge in [-0.15, -0.1) is 11.3 Å².